The minimum atomic E-state index is 0.528. The first-order chi connectivity index (χ1) is 11.3. The van der Waals surface area contributed by atoms with E-state index in [0.29, 0.717) is 5.89 Å². The lowest BCUT2D eigenvalue weighted by Gasteiger charge is -2.34. The van der Waals surface area contributed by atoms with Crippen molar-refractivity contribution in [1.82, 2.24) is 20.4 Å². The molecule has 0 atom stereocenters. The molecule has 0 unspecified atom stereocenters. The standard InChI is InChI=1S/C16H20N6O/c17-4-1-11-2-5-22(6-3-11)15-8-12(16-21-19-10-23-16)7-14-13(15)9-18-20-14/h7-11H,1-6,17H2,(H,18,20). The van der Waals surface area contributed by atoms with Crippen LogP contribution in [0.5, 0.6) is 0 Å². The van der Waals surface area contributed by atoms with E-state index in [-0.39, 0.29) is 0 Å². The Hall–Kier alpha value is -2.41. The zero-order valence-corrected chi connectivity index (χ0v) is 12.9. The van der Waals surface area contributed by atoms with Crippen molar-refractivity contribution < 1.29 is 4.42 Å². The molecule has 3 aromatic rings. The van der Waals surface area contributed by atoms with Gasteiger partial charge in [0.25, 0.3) is 0 Å². The van der Waals surface area contributed by atoms with Crippen molar-refractivity contribution in [3.63, 3.8) is 0 Å². The van der Waals surface area contributed by atoms with E-state index in [9.17, 15) is 0 Å². The summed E-state index contributed by atoms with van der Waals surface area (Å²) < 4.78 is 5.35. The molecule has 1 saturated heterocycles. The van der Waals surface area contributed by atoms with Crippen molar-refractivity contribution in [1.29, 1.82) is 0 Å². The van der Waals surface area contributed by atoms with Crippen molar-refractivity contribution in [3.05, 3.63) is 24.7 Å². The third-order valence-corrected chi connectivity index (χ3v) is 4.67. The maximum atomic E-state index is 5.69. The zero-order chi connectivity index (χ0) is 15.6. The maximum Gasteiger partial charge on any atom is 0.247 e. The molecule has 1 aromatic carbocycles. The number of hydrogen-bond acceptors (Lipinski definition) is 6. The summed E-state index contributed by atoms with van der Waals surface area (Å²) in [5, 5.41) is 16.2. The van der Waals surface area contributed by atoms with Gasteiger partial charge in [-0.2, -0.15) is 5.10 Å². The van der Waals surface area contributed by atoms with Crippen LogP contribution in [0, 0.1) is 5.92 Å². The average Bonchev–Trinajstić information content (AvgIpc) is 3.26. The molecule has 0 amide bonds. The van der Waals surface area contributed by atoms with Gasteiger partial charge in [-0.05, 0) is 43.9 Å². The number of nitrogens with one attached hydrogen (secondary N) is 1. The lowest BCUT2D eigenvalue weighted by Crippen LogP contribution is -2.34. The minimum absolute atomic E-state index is 0.528. The van der Waals surface area contributed by atoms with Crippen LogP contribution in [0.3, 0.4) is 0 Å². The SMILES string of the molecule is NCCC1CCN(c2cc(-c3nnco3)cc3[nH]ncc23)CC1. The van der Waals surface area contributed by atoms with Gasteiger partial charge < -0.3 is 15.1 Å². The summed E-state index contributed by atoms with van der Waals surface area (Å²) in [6.07, 6.45) is 6.72. The van der Waals surface area contributed by atoms with Crippen molar-refractivity contribution >= 4 is 16.6 Å². The topological polar surface area (TPSA) is 96.9 Å². The molecule has 0 aliphatic carbocycles. The maximum absolute atomic E-state index is 5.69. The highest BCUT2D eigenvalue weighted by atomic mass is 16.4. The van der Waals surface area contributed by atoms with Crippen LogP contribution in [0.4, 0.5) is 5.69 Å². The fourth-order valence-electron chi connectivity index (χ4n) is 3.41. The summed E-state index contributed by atoms with van der Waals surface area (Å²) in [6, 6.07) is 4.12. The molecular weight excluding hydrogens is 292 g/mol. The second-order valence-electron chi connectivity index (χ2n) is 6.08. The van der Waals surface area contributed by atoms with Crippen LogP contribution in [0.1, 0.15) is 19.3 Å². The first-order valence-corrected chi connectivity index (χ1v) is 8.04. The average molecular weight is 312 g/mol. The van der Waals surface area contributed by atoms with E-state index in [2.05, 4.69) is 31.4 Å². The second kappa shape index (κ2) is 6.00. The van der Waals surface area contributed by atoms with Gasteiger partial charge in [0.05, 0.1) is 11.7 Å². The predicted octanol–water partition coefficient (Wildman–Crippen LogP) is 2.18. The summed E-state index contributed by atoms with van der Waals surface area (Å²) in [5.41, 5.74) is 8.77. The van der Waals surface area contributed by atoms with Crippen LogP contribution in [0.2, 0.25) is 0 Å². The van der Waals surface area contributed by atoms with Crippen molar-refractivity contribution in [2.75, 3.05) is 24.5 Å². The van der Waals surface area contributed by atoms with Gasteiger partial charge in [0.15, 0.2) is 0 Å². The monoisotopic (exact) mass is 312 g/mol. The van der Waals surface area contributed by atoms with Crippen LogP contribution >= 0.6 is 0 Å². The van der Waals surface area contributed by atoms with Gasteiger partial charge in [-0.1, -0.05) is 0 Å². The highest BCUT2D eigenvalue weighted by Gasteiger charge is 2.21. The third-order valence-electron chi connectivity index (χ3n) is 4.67. The van der Waals surface area contributed by atoms with E-state index in [1.165, 1.54) is 24.9 Å². The number of piperidine rings is 1. The van der Waals surface area contributed by atoms with Crippen LogP contribution in [0.25, 0.3) is 22.4 Å². The first kappa shape index (κ1) is 14.2. The van der Waals surface area contributed by atoms with Gasteiger partial charge in [0.1, 0.15) is 0 Å². The van der Waals surface area contributed by atoms with Crippen molar-refractivity contribution in [2.24, 2.45) is 11.7 Å². The number of hydrogen-bond donors (Lipinski definition) is 2. The Morgan fingerprint density at radius 1 is 1.30 bits per heavy atom. The lowest BCUT2D eigenvalue weighted by atomic mass is 9.93. The number of anilines is 1. The third kappa shape index (κ3) is 2.68. The highest BCUT2D eigenvalue weighted by Crippen LogP contribution is 2.34. The van der Waals surface area contributed by atoms with E-state index in [1.807, 2.05) is 12.3 Å². The number of fused-ring (bicyclic) bond motifs is 1. The van der Waals surface area contributed by atoms with Gasteiger partial charge in [-0.3, -0.25) is 5.10 Å². The summed E-state index contributed by atoms with van der Waals surface area (Å²) in [4.78, 5) is 2.42. The number of nitrogens with zero attached hydrogens (tertiary/aromatic N) is 4. The van der Waals surface area contributed by atoms with E-state index < -0.39 is 0 Å². The smallest absolute Gasteiger partial charge is 0.247 e. The molecule has 0 radical (unpaired) electrons. The molecule has 1 aliphatic rings. The zero-order valence-electron chi connectivity index (χ0n) is 12.9. The Labute approximate surface area is 133 Å². The number of benzene rings is 1. The summed E-state index contributed by atoms with van der Waals surface area (Å²) in [7, 11) is 0. The Morgan fingerprint density at radius 2 is 2.17 bits per heavy atom. The molecule has 0 bridgehead atoms. The molecule has 23 heavy (non-hydrogen) atoms. The lowest BCUT2D eigenvalue weighted by molar-refractivity contribution is 0.387. The van der Waals surface area contributed by atoms with Gasteiger partial charge in [-0.25, -0.2) is 0 Å². The van der Waals surface area contributed by atoms with Gasteiger partial charge >= 0.3 is 0 Å². The Balaban J connectivity index is 1.68. The molecule has 7 heteroatoms. The number of aromatic amines is 1. The molecule has 7 nitrogen and oxygen atoms in total. The second-order valence-corrected chi connectivity index (χ2v) is 6.08. The molecular formula is C16H20N6O. The molecule has 0 saturated carbocycles. The van der Waals surface area contributed by atoms with Crippen LogP contribution < -0.4 is 10.6 Å². The fourth-order valence-corrected chi connectivity index (χ4v) is 3.41. The van der Waals surface area contributed by atoms with Crippen molar-refractivity contribution in [2.45, 2.75) is 19.3 Å². The molecule has 4 rings (SSSR count). The molecule has 1 aliphatic heterocycles. The van der Waals surface area contributed by atoms with E-state index in [4.69, 9.17) is 10.2 Å². The van der Waals surface area contributed by atoms with Crippen LogP contribution in [-0.4, -0.2) is 40.0 Å². The minimum Gasteiger partial charge on any atom is -0.423 e. The fraction of sp³-hybridized carbons (Fsp3) is 0.438. The Bertz CT molecular complexity index is 773. The van der Waals surface area contributed by atoms with Gasteiger partial charge in [0, 0.05) is 29.7 Å². The molecule has 2 aromatic heterocycles. The normalized spacial score (nSPS) is 16.3. The molecule has 3 N–H and O–H groups in total. The number of H-pyrrole nitrogens is 1. The number of rotatable bonds is 4. The molecule has 0 spiro atoms. The summed E-state index contributed by atoms with van der Waals surface area (Å²) in [5.74, 6) is 1.27. The summed E-state index contributed by atoms with van der Waals surface area (Å²) in [6.45, 7) is 2.86. The van der Waals surface area contributed by atoms with E-state index >= 15 is 0 Å². The van der Waals surface area contributed by atoms with Crippen LogP contribution in [-0.2, 0) is 0 Å². The van der Waals surface area contributed by atoms with E-state index in [1.54, 1.807) is 0 Å². The quantitative estimate of drug-likeness (QED) is 0.766. The summed E-state index contributed by atoms with van der Waals surface area (Å²) >= 11 is 0. The molecule has 120 valence electrons. The van der Waals surface area contributed by atoms with Gasteiger partial charge in [-0.15, -0.1) is 10.2 Å². The van der Waals surface area contributed by atoms with Crippen LogP contribution in [0.15, 0.2) is 29.1 Å². The first-order valence-electron chi connectivity index (χ1n) is 8.04. The molecule has 1 fully saturated rings. The Morgan fingerprint density at radius 3 is 2.91 bits per heavy atom. The highest BCUT2D eigenvalue weighted by molar-refractivity contribution is 5.95. The molecule has 3 heterocycles. The number of aromatic nitrogens is 4. The largest absolute Gasteiger partial charge is 0.423 e. The number of nitrogens with two attached hydrogens (primary N) is 1. The predicted molar refractivity (Wildman–Crippen MR) is 88.0 cm³/mol. The van der Waals surface area contributed by atoms with E-state index in [0.717, 1.165) is 48.4 Å². The Kier molecular flexibility index (Phi) is 3.70. The van der Waals surface area contributed by atoms with Gasteiger partial charge in [0.2, 0.25) is 12.3 Å². The van der Waals surface area contributed by atoms with Crippen molar-refractivity contribution in [3.8, 4) is 11.5 Å².